The average molecular weight is 257 g/mol. The Morgan fingerprint density at radius 1 is 1.26 bits per heavy atom. The molecule has 2 N–H and O–H groups in total. The third-order valence-electron chi connectivity index (χ3n) is 2.82. The van der Waals surface area contributed by atoms with Gasteiger partial charge in [0.25, 0.3) is 0 Å². The van der Waals surface area contributed by atoms with Gasteiger partial charge >= 0.3 is 0 Å². The molecule has 4 nitrogen and oxygen atoms in total. The van der Waals surface area contributed by atoms with Crippen LogP contribution in [0, 0.1) is 12.3 Å². The fraction of sp³-hybridized carbons (Fsp3) is 0.333. The maximum Gasteiger partial charge on any atom is 0.230 e. The van der Waals surface area contributed by atoms with Crippen LogP contribution in [-0.4, -0.2) is 16.1 Å². The van der Waals surface area contributed by atoms with Gasteiger partial charge in [0, 0.05) is 17.0 Å². The normalized spacial score (nSPS) is 11.4. The summed E-state index contributed by atoms with van der Waals surface area (Å²) < 4.78 is 0. The van der Waals surface area contributed by atoms with Gasteiger partial charge in [0.05, 0.1) is 5.69 Å². The first kappa shape index (κ1) is 13.3. The molecule has 4 heteroatoms. The highest BCUT2D eigenvalue weighted by Gasteiger charge is 2.21. The third-order valence-corrected chi connectivity index (χ3v) is 2.82. The molecule has 0 spiro atoms. The quantitative estimate of drug-likeness (QED) is 0.866. The van der Waals surface area contributed by atoms with Crippen LogP contribution in [0.15, 0.2) is 30.3 Å². The molecule has 2 rings (SSSR count). The van der Waals surface area contributed by atoms with Gasteiger partial charge in [-0.1, -0.05) is 44.5 Å². The molecule has 0 aliphatic rings. The largest absolute Gasteiger partial charge is 0.311 e. The lowest BCUT2D eigenvalue weighted by atomic mass is 9.96. The number of amides is 1. The van der Waals surface area contributed by atoms with E-state index in [0.717, 1.165) is 11.3 Å². The molecule has 1 aromatic heterocycles. The summed E-state index contributed by atoms with van der Waals surface area (Å²) in [6.45, 7) is 7.67. The van der Waals surface area contributed by atoms with Gasteiger partial charge in [-0.3, -0.25) is 9.89 Å². The van der Waals surface area contributed by atoms with E-state index < -0.39 is 5.41 Å². The highest BCUT2D eigenvalue weighted by Crippen LogP contribution is 2.22. The molecule has 0 unspecified atom stereocenters. The van der Waals surface area contributed by atoms with Crippen molar-refractivity contribution in [2.75, 3.05) is 5.32 Å². The number of hydrogen-bond acceptors (Lipinski definition) is 2. The van der Waals surface area contributed by atoms with Gasteiger partial charge < -0.3 is 5.32 Å². The zero-order valence-corrected chi connectivity index (χ0v) is 11.7. The van der Waals surface area contributed by atoms with Crippen molar-refractivity contribution in [1.29, 1.82) is 0 Å². The van der Waals surface area contributed by atoms with Crippen molar-refractivity contribution >= 4 is 11.7 Å². The first-order valence-electron chi connectivity index (χ1n) is 6.30. The van der Waals surface area contributed by atoms with Crippen molar-refractivity contribution in [2.45, 2.75) is 27.7 Å². The Kier molecular flexibility index (Phi) is 3.42. The molecule has 1 amide bonds. The number of anilines is 1. The lowest BCUT2D eigenvalue weighted by Gasteiger charge is -2.16. The van der Waals surface area contributed by atoms with E-state index in [1.165, 1.54) is 5.56 Å². The molecule has 0 aliphatic carbocycles. The van der Waals surface area contributed by atoms with E-state index in [-0.39, 0.29) is 5.91 Å². The molecular weight excluding hydrogens is 238 g/mol. The molecule has 0 aliphatic heterocycles. The average Bonchev–Trinajstić information content (AvgIpc) is 2.76. The van der Waals surface area contributed by atoms with Crippen LogP contribution in [0.4, 0.5) is 5.82 Å². The van der Waals surface area contributed by atoms with Crippen LogP contribution >= 0.6 is 0 Å². The monoisotopic (exact) mass is 257 g/mol. The van der Waals surface area contributed by atoms with Crippen LogP contribution in [0.2, 0.25) is 0 Å². The molecule has 1 aromatic carbocycles. The molecule has 19 heavy (non-hydrogen) atoms. The number of benzene rings is 1. The molecule has 0 atom stereocenters. The van der Waals surface area contributed by atoms with E-state index in [0.29, 0.717) is 5.82 Å². The maximum absolute atomic E-state index is 11.9. The smallest absolute Gasteiger partial charge is 0.230 e. The Balaban J connectivity index is 2.18. The minimum absolute atomic E-state index is 0.0352. The van der Waals surface area contributed by atoms with Gasteiger partial charge in [-0.05, 0) is 13.0 Å². The highest BCUT2D eigenvalue weighted by molar-refractivity contribution is 5.94. The van der Waals surface area contributed by atoms with Crippen molar-refractivity contribution < 1.29 is 4.79 Å². The molecular formula is C15H19N3O. The molecule has 0 saturated carbocycles. The Labute approximate surface area is 113 Å². The van der Waals surface area contributed by atoms with Crippen molar-refractivity contribution in [3.63, 3.8) is 0 Å². The van der Waals surface area contributed by atoms with Crippen molar-refractivity contribution in [1.82, 2.24) is 10.2 Å². The van der Waals surface area contributed by atoms with Gasteiger partial charge in [-0.15, -0.1) is 0 Å². The Hall–Kier alpha value is -2.10. The van der Waals surface area contributed by atoms with E-state index in [4.69, 9.17) is 0 Å². The Bertz CT molecular complexity index is 593. The fourth-order valence-corrected chi connectivity index (χ4v) is 1.65. The van der Waals surface area contributed by atoms with Crippen LogP contribution < -0.4 is 5.32 Å². The first-order chi connectivity index (χ1) is 8.86. The van der Waals surface area contributed by atoms with Gasteiger partial charge in [0.1, 0.15) is 5.82 Å². The number of hydrogen-bond donors (Lipinski definition) is 2. The molecule has 0 saturated heterocycles. The van der Waals surface area contributed by atoms with E-state index in [2.05, 4.69) is 21.6 Å². The fourth-order valence-electron chi connectivity index (χ4n) is 1.65. The molecule has 2 aromatic rings. The topological polar surface area (TPSA) is 57.8 Å². The number of nitrogens with one attached hydrogen (secondary N) is 2. The third kappa shape index (κ3) is 3.22. The summed E-state index contributed by atoms with van der Waals surface area (Å²) in [7, 11) is 0. The van der Waals surface area contributed by atoms with Crippen LogP contribution in [0.25, 0.3) is 11.3 Å². The SMILES string of the molecule is Cc1cccc(-c2cc(NC(=O)C(C)(C)C)[nH]n2)c1. The summed E-state index contributed by atoms with van der Waals surface area (Å²) in [4.78, 5) is 11.9. The van der Waals surface area contributed by atoms with Gasteiger partial charge in [-0.25, -0.2) is 0 Å². The summed E-state index contributed by atoms with van der Waals surface area (Å²) in [6, 6.07) is 9.94. The van der Waals surface area contributed by atoms with Crippen molar-refractivity contribution in [3.05, 3.63) is 35.9 Å². The summed E-state index contributed by atoms with van der Waals surface area (Å²) in [5.41, 5.74) is 2.62. The molecule has 1 heterocycles. The van der Waals surface area contributed by atoms with Crippen LogP contribution in [0.5, 0.6) is 0 Å². The number of aryl methyl sites for hydroxylation is 1. The zero-order chi connectivity index (χ0) is 14.0. The molecule has 100 valence electrons. The molecule has 0 bridgehead atoms. The minimum Gasteiger partial charge on any atom is -0.311 e. The van der Waals surface area contributed by atoms with E-state index in [1.807, 2.05) is 52.0 Å². The van der Waals surface area contributed by atoms with Crippen LogP contribution in [0.3, 0.4) is 0 Å². The standard InChI is InChI=1S/C15H19N3O/c1-10-6-5-7-11(8-10)12-9-13(18-17-12)16-14(19)15(2,3)4/h5-9H,1-4H3,(H2,16,17,18,19). The predicted molar refractivity (Wildman–Crippen MR) is 76.8 cm³/mol. The Morgan fingerprint density at radius 3 is 2.63 bits per heavy atom. The van der Waals surface area contributed by atoms with Gasteiger partial charge in [-0.2, -0.15) is 5.10 Å². The second-order valence-electron chi connectivity index (χ2n) is 5.74. The van der Waals surface area contributed by atoms with Crippen molar-refractivity contribution in [2.24, 2.45) is 5.41 Å². The lowest BCUT2D eigenvalue weighted by Crippen LogP contribution is -2.27. The van der Waals surface area contributed by atoms with Crippen molar-refractivity contribution in [3.8, 4) is 11.3 Å². The number of nitrogens with zero attached hydrogens (tertiary/aromatic N) is 1. The summed E-state index contributed by atoms with van der Waals surface area (Å²) in [5.74, 6) is 0.586. The summed E-state index contributed by atoms with van der Waals surface area (Å²) in [5, 5.41) is 9.90. The number of H-pyrrole nitrogens is 1. The maximum atomic E-state index is 11.9. The lowest BCUT2D eigenvalue weighted by molar-refractivity contribution is -0.123. The number of aromatic nitrogens is 2. The first-order valence-corrected chi connectivity index (χ1v) is 6.30. The van der Waals surface area contributed by atoms with Gasteiger partial charge in [0.2, 0.25) is 5.91 Å². The van der Waals surface area contributed by atoms with E-state index in [1.54, 1.807) is 0 Å². The molecule has 0 radical (unpaired) electrons. The number of aromatic amines is 1. The highest BCUT2D eigenvalue weighted by atomic mass is 16.2. The van der Waals surface area contributed by atoms with Crippen LogP contribution in [-0.2, 0) is 4.79 Å². The van der Waals surface area contributed by atoms with E-state index in [9.17, 15) is 4.79 Å². The summed E-state index contributed by atoms with van der Waals surface area (Å²) >= 11 is 0. The Morgan fingerprint density at radius 2 is 2.00 bits per heavy atom. The number of carbonyl (C=O) groups excluding carboxylic acids is 1. The second kappa shape index (κ2) is 4.88. The number of rotatable bonds is 2. The zero-order valence-electron chi connectivity index (χ0n) is 11.7. The minimum atomic E-state index is -0.422. The second-order valence-corrected chi connectivity index (χ2v) is 5.74. The van der Waals surface area contributed by atoms with Crippen LogP contribution in [0.1, 0.15) is 26.3 Å². The summed E-state index contributed by atoms with van der Waals surface area (Å²) in [6.07, 6.45) is 0. The van der Waals surface area contributed by atoms with E-state index >= 15 is 0 Å². The molecule has 0 fully saturated rings. The van der Waals surface area contributed by atoms with Gasteiger partial charge in [0.15, 0.2) is 0 Å². The predicted octanol–water partition coefficient (Wildman–Crippen LogP) is 3.37. The number of carbonyl (C=O) groups is 1.